The first kappa shape index (κ1) is 12.3. The molecule has 102 valence electrons. The average molecular weight is 252 g/mol. The van der Waals surface area contributed by atoms with E-state index in [0.29, 0.717) is 12.1 Å². The van der Waals surface area contributed by atoms with Crippen LogP contribution in [0.15, 0.2) is 0 Å². The summed E-state index contributed by atoms with van der Waals surface area (Å²) in [5.74, 6) is 1.63. The van der Waals surface area contributed by atoms with Crippen LogP contribution in [0.2, 0.25) is 0 Å². The Bertz CT molecular complexity index is 302. The largest absolute Gasteiger partial charge is 0.378 e. The van der Waals surface area contributed by atoms with Gasteiger partial charge >= 0.3 is 6.03 Å². The Labute approximate surface area is 109 Å². The van der Waals surface area contributed by atoms with Crippen LogP contribution in [0, 0.1) is 11.8 Å². The molecule has 2 N–H and O–H groups in total. The highest BCUT2D eigenvalue weighted by Crippen LogP contribution is 2.44. The second-order valence-corrected chi connectivity index (χ2v) is 6.11. The summed E-state index contributed by atoms with van der Waals surface area (Å²) in [5.41, 5.74) is 0. The number of rotatable bonds is 4. The first-order valence-corrected chi connectivity index (χ1v) is 7.47. The van der Waals surface area contributed by atoms with Gasteiger partial charge in [0, 0.05) is 19.2 Å². The molecule has 1 heterocycles. The highest BCUT2D eigenvalue weighted by molar-refractivity contribution is 5.74. The van der Waals surface area contributed by atoms with Crippen molar-refractivity contribution in [2.45, 2.75) is 57.1 Å². The van der Waals surface area contributed by atoms with E-state index in [1.165, 1.54) is 32.1 Å². The van der Waals surface area contributed by atoms with Gasteiger partial charge in [0.2, 0.25) is 0 Å². The minimum atomic E-state index is 0.0190. The molecule has 3 rings (SSSR count). The van der Waals surface area contributed by atoms with E-state index in [-0.39, 0.29) is 6.03 Å². The molecule has 1 aliphatic heterocycles. The highest BCUT2D eigenvalue weighted by atomic mass is 16.5. The molecule has 0 aromatic heterocycles. The fourth-order valence-electron chi connectivity index (χ4n) is 3.86. The molecule has 0 radical (unpaired) electrons. The number of hydrogen-bond acceptors (Lipinski definition) is 2. The summed E-state index contributed by atoms with van der Waals surface area (Å²) < 4.78 is 5.54. The summed E-state index contributed by atoms with van der Waals surface area (Å²) in [6, 6.07) is 0.456. The molecule has 0 aromatic carbocycles. The number of carbonyl (C=O) groups excluding carboxylic acids is 1. The molecule has 3 aliphatic rings. The Hall–Kier alpha value is -0.770. The van der Waals surface area contributed by atoms with Gasteiger partial charge in [-0.15, -0.1) is 0 Å². The molecule has 2 saturated carbocycles. The van der Waals surface area contributed by atoms with Crippen LogP contribution in [0.4, 0.5) is 4.79 Å². The van der Waals surface area contributed by atoms with Crippen molar-refractivity contribution in [3.05, 3.63) is 0 Å². The monoisotopic (exact) mass is 252 g/mol. The Morgan fingerprint density at radius 2 is 2.17 bits per heavy atom. The van der Waals surface area contributed by atoms with Crippen molar-refractivity contribution in [2.24, 2.45) is 11.8 Å². The molecule has 4 heteroatoms. The van der Waals surface area contributed by atoms with Gasteiger partial charge in [0.15, 0.2) is 0 Å². The lowest BCUT2D eigenvalue weighted by atomic mass is 9.95. The smallest absolute Gasteiger partial charge is 0.315 e. The van der Waals surface area contributed by atoms with E-state index in [0.717, 1.165) is 37.8 Å². The van der Waals surface area contributed by atoms with E-state index in [1.807, 2.05) is 0 Å². The van der Waals surface area contributed by atoms with Gasteiger partial charge < -0.3 is 15.4 Å². The zero-order chi connectivity index (χ0) is 12.4. The van der Waals surface area contributed by atoms with Gasteiger partial charge in [-0.3, -0.25) is 0 Å². The van der Waals surface area contributed by atoms with Gasteiger partial charge in [0.05, 0.1) is 6.10 Å². The Morgan fingerprint density at radius 1 is 1.22 bits per heavy atom. The summed E-state index contributed by atoms with van der Waals surface area (Å²) in [6.07, 6.45) is 8.86. The standard InChI is InChI=1S/C14H24N2O2/c17-14(15-6-5-12-2-1-7-18-12)16-13-9-10-3-4-11(13)8-10/h10-13H,1-9H2,(H2,15,16,17). The third kappa shape index (κ3) is 2.79. The molecule has 4 nitrogen and oxygen atoms in total. The van der Waals surface area contributed by atoms with Crippen molar-refractivity contribution in [3.63, 3.8) is 0 Å². The SMILES string of the molecule is O=C(NCCC1CCCO1)NC1CC2CCC1C2. The number of urea groups is 1. The summed E-state index contributed by atoms with van der Waals surface area (Å²) in [7, 11) is 0. The molecule has 0 aromatic rings. The lowest BCUT2D eigenvalue weighted by Gasteiger charge is -2.23. The van der Waals surface area contributed by atoms with Crippen LogP contribution < -0.4 is 10.6 Å². The fraction of sp³-hybridized carbons (Fsp3) is 0.929. The van der Waals surface area contributed by atoms with E-state index in [2.05, 4.69) is 10.6 Å². The highest BCUT2D eigenvalue weighted by Gasteiger charge is 2.40. The number of fused-ring (bicyclic) bond motifs is 2. The van der Waals surface area contributed by atoms with E-state index >= 15 is 0 Å². The van der Waals surface area contributed by atoms with Crippen molar-refractivity contribution in [3.8, 4) is 0 Å². The molecule has 2 aliphatic carbocycles. The number of nitrogens with one attached hydrogen (secondary N) is 2. The van der Waals surface area contributed by atoms with Crippen molar-refractivity contribution in [1.29, 1.82) is 0 Å². The third-order valence-corrected chi connectivity index (χ3v) is 4.83. The first-order chi connectivity index (χ1) is 8.81. The average Bonchev–Trinajstić information content (AvgIpc) is 3.04. The maximum atomic E-state index is 11.8. The predicted molar refractivity (Wildman–Crippen MR) is 69.4 cm³/mol. The lowest BCUT2D eigenvalue weighted by Crippen LogP contribution is -2.45. The number of amides is 2. The molecule has 4 unspecified atom stereocenters. The molecule has 2 bridgehead atoms. The summed E-state index contributed by atoms with van der Waals surface area (Å²) in [5, 5.41) is 6.11. The summed E-state index contributed by atoms with van der Waals surface area (Å²) in [6.45, 7) is 1.62. The summed E-state index contributed by atoms with van der Waals surface area (Å²) in [4.78, 5) is 11.8. The van der Waals surface area contributed by atoms with Crippen molar-refractivity contribution in [1.82, 2.24) is 10.6 Å². The minimum absolute atomic E-state index is 0.0190. The van der Waals surface area contributed by atoms with Crippen LogP contribution >= 0.6 is 0 Å². The van der Waals surface area contributed by atoms with Gasteiger partial charge in [-0.2, -0.15) is 0 Å². The number of ether oxygens (including phenoxy) is 1. The zero-order valence-corrected chi connectivity index (χ0v) is 11.0. The molecule has 2 amide bonds. The van der Waals surface area contributed by atoms with Crippen LogP contribution in [0.25, 0.3) is 0 Å². The van der Waals surface area contributed by atoms with Gasteiger partial charge in [-0.1, -0.05) is 6.42 Å². The predicted octanol–water partition coefficient (Wildman–Crippen LogP) is 2.04. The Balaban J connectivity index is 1.32. The second kappa shape index (κ2) is 5.47. The van der Waals surface area contributed by atoms with Gasteiger partial charge in [0.1, 0.15) is 0 Å². The number of carbonyl (C=O) groups is 1. The van der Waals surface area contributed by atoms with E-state index in [9.17, 15) is 4.79 Å². The van der Waals surface area contributed by atoms with Crippen LogP contribution in [-0.2, 0) is 4.74 Å². The number of hydrogen-bond donors (Lipinski definition) is 2. The van der Waals surface area contributed by atoms with E-state index < -0.39 is 0 Å². The molecular weight excluding hydrogens is 228 g/mol. The lowest BCUT2D eigenvalue weighted by molar-refractivity contribution is 0.104. The normalized spacial score (nSPS) is 38.0. The Morgan fingerprint density at radius 3 is 2.83 bits per heavy atom. The maximum absolute atomic E-state index is 11.8. The maximum Gasteiger partial charge on any atom is 0.315 e. The molecule has 0 spiro atoms. The third-order valence-electron chi connectivity index (χ3n) is 4.83. The quantitative estimate of drug-likeness (QED) is 0.804. The van der Waals surface area contributed by atoms with Crippen molar-refractivity contribution >= 4 is 6.03 Å². The first-order valence-electron chi connectivity index (χ1n) is 7.47. The second-order valence-electron chi connectivity index (χ2n) is 6.11. The fourth-order valence-corrected chi connectivity index (χ4v) is 3.86. The van der Waals surface area contributed by atoms with Crippen molar-refractivity contribution < 1.29 is 9.53 Å². The minimum Gasteiger partial charge on any atom is -0.378 e. The van der Waals surface area contributed by atoms with Crippen LogP contribution in [0.1, 0.15) is 44.9 Å². The van der Waals surface area contributed by atoms with E-state index in [4.69, 9.17) is 4.74 Å². The molecule has 4 atom stereocenters. The molecule has 18 heavy (non-hydrogen) atoms. The van der Waals surface area contributed by atoms with Gasteiger partial charge in [-0.05, 0) is 50.4 Å². The molecule has 1 saturated heterocycles. The van der Waals surface area contributed by atoms with Crippen LogP contribution in [0.5, 0.6) is 0 Å². The van der Waals surface area contributed by atoms with Crippen molar-refractivity contribution in [2.75, 3.05) is 13.2 Å². The van der Waals surface area contributed by atoms with Crippen LogP contribution in [0.3, 0.4) is 0 Å². The van der Waals surface area contributed by atoms with Gasteiger partial charge in [0.25, 0.3) is 0 Å². The van der Waals surface area contributed by atoms with Crippen LogP contribution in [-0.4, -0.2) is 31.3 Å². The molecule has 3 fully saturated rings. The van der Waals surface area contributed by atoms with E-state index in [1.54, 1.807) is 0 Å². The van der Waals surface area contributed by atoms with Gasteiger partial charge in [-0.25, -0.2) is 4.79 Å². The Kier molecular flexibility index (Phi) is 3.73. The summed E-state index contributed by atoms with van der Waals surface area (Å²) >= 11 is 0. The molecular formula is C14H24N2O2. The zero-order valence-electron chi connectivity index (χ0n) is 11.0. The topological polar surface area (TPSA) is 50.4 Å².